The van der Waals surface area contributed by atoms with Gasteiger partial charge in [0, 0.05) is 0 Å². The van der Waals surface area contributed by atoms with Crippen molar-refractivity contribution in [2.75, 3.05) is 7.05 Å². The van der Waals surface area contributed by atoms with Crippen LogP contribution in [0.2, 0.25) is 0 Å². The van der Waals surface area contributed by atoms with E-state index in [1.165, 1.54) is 13.1 Å². The molecule has 0 aliphatic rings. The fourth-order valence-electron chi connectivity index (χ4n) is 1.38. The lowest BCUT2D eigenvalue weighted by Crippen LogP contribution is -2.23. The van der Waals surface area contributed by atoms with Crippen LogP contribution in [-0.2, 0) is 0 Å². The zero-order chi connectivity index (χ0) is 10.7. The number of alkyl halides is 2. The first-order valence-electron chi connectivity index (χ1n) is 4.27. The molecule has 1 nitrogen and oxygen atoms in total. The molecule has 1 N–H and O–H groups in total. The number of hydrogen-bond donors (Lipinski definition) is 1. The van der Waals surface area contributed by atoms with Crippen LogP contribution in [0.4, 0.5) is 13.2 Å². The van der Waals surface area contributed by atoms with Gasteiger partial charge in [-0.05, 0) is 37.2 Å². The van der Waals surface area contributed by atoms with Gasteiger partial charge >= 0.3 is 0 Å². The quantitative estimate of drug-likeness (QED) is 0.796. The molecular weight excluding hydrogens is 191 g/mol. The topological polar surface area (TPSA) is 12.0 Å². The van der Waals surface area contributed by atoms with Gasteiger partial charge in [-0.3, -0.25) is 0 Å². The summed E-state index contributed by atoms with van der Waals surface area (Å²) in [5.74, 6) is -0.485. The Hall–Kier alpha value is -1.03. The molecule has 0 heterocycles. The fourth-order valence-corrected chi connectivity index (χ4v) is 1.38. The number of halogens is 3. The van der Waals surface area contributed by atoms with Gasteiger partial charge in [-0.2, -0.15) is 0 Å². The Balaban J connectivity index is 3.04. The minimum absolute atomic E-state index is 0.278. The predicted octanol–water partition coefficient (Wildman–Crippen LogP) is 2.66. The highest BCUT2D eigenvalue weighted by Crippen LogP contribution is 2.22. The van der Waals surface area contributed by atoms with Crippen LogP contribution in [0.15, 0.2) is 18.2 Å². The van der Waals surface area contributed by atoms with E-state index in [1.807, 2.05) is 0 Å². The van der Waals surface area contributed by atoms with Crippen LogP contribution in [0, 0.1) is 12.7 Å². The van der Waals surface area contributed by atoms with E-state index in [1.54, 1.807) is 13.0 Å². The van der Waals surface area contributed by atoms with E-state index in [-0.39, 0.29) is 5.56 Å². The molecule has 0 amide bonds. The van der Waals surface area contributed by atoms with Crippen molar-refractivity contribution in [1.29, 1.82) is 0 Å². The lowest BCUT2D eigenvalue weighted by Gasteiger charge is -2.15. The zero-order valence-corrected chi connectivity index (χ0v) is 8.02. The van der Waals surface area contributed by atoms with Crippen molar-refractivity contribution in [1.82, 2.24) is 5.32 Å². The van der Waals surface area contributed by atoms with Gasteiger partial charge < -0.3 is 5.32 Å². The van der Waals surface area contributed by atoms with Crippen molar-refractivity contribution < 1.29 is 13.2 Å². The molecule has 0 bridgehead atoms. The van der Waals surface area contributed by atoms with Crippen molar-refractivity contribution in [3.63, 3.8) is 0 Å². The molecule has 1 rings (SSSR count). The van der Waals surface area contributed by atoms with Gasteiger partial charge in [-0.1, -0.05) is 6.07 Å². The number of aryl methyl sites for hydroxylation is 1. The molecule has 1 atom stereocenters. The van der Waals surface area contributed by atoms with Gasteiger partial charge in [0.25, 0.3) is 6.43 Å². The lowest BCUT2D eigenvalue weighted by atomic mass is 10.0. The number of rotatable bonds is 3. The van der Waals surface area contributed by atoms with Crippen molar-refractivity contribution >= 4 is 0 Å². The van der Waals surface area contributed by atoms with Crippen molar-refractivity contribution in [2.24, 2.45) is 0 Å². The van der Waals surface area contributed by atoms with E-state index in [2.05, 4.69) is 5.32 Å². The van der Waals surface area contributed by atoms with Gasteiger partial charge in [-0.15, -0.1) is 0 Å². The van der Waals surface area contributed by atoms with E-state index in [9.17, 15) is 13.2 Å². The molecule has 14 heavy (non-hydrogen) atoms. The summed E-state index contributed by atoms with van der Waals surface area (Å²) in [6.45, 7) is 1.67. The first-order chi connectivity index (χ1) is 6.54. The molecule has 1 aromatic carbocycles. The Morgan fingerprint density at radius 1 is 1.21 bits per heavy atom. The minimum atomic E-state index is -2.54. The molecule has 0 radical (unpaired) electrons. The smallest absolute Gasteiger partial charge is 0.257 e. The van der Waals surface area contributed by atoms with Crippen molar-refractivity contribution in [3.8, 4) is 0 Å². The lowest BCUT2D eigenvalue weighted by molar-refractivity contribution is 0.102. The summed E-state index contributed by atoms with van der Waals surface area (Å²) >= 11 is 0. The maximum absolute atomic E-state index is 12.9. The van der Waals surface area contributed by atoms with Crippen LogP contribution < -0.4 is 5.32 Å². The van der Waals surface area contributed by atoms with Gasteiger partial charge in [-0.25, -0.2) is 13.2 Å². The number of nitrogens with one attached hydrogen (secondary N) is 1. The van der Waals surface area contributed by atoms with Crippen molar-refractivity contribution in [3.05, 3.63) is 35.1 Å². The van der Waals surface area contributed by atoms with E-state index < -0.39 is 18.3 Å². The molecular formula is C10H12F3N. The van der Waals surface area contributed by atoms with E-state index in [0.717, 1.165) is 6.07 Å². The third kappa shape index (κ3) is 2.48. The number of benzene rings is 1. The first-order valence-corrected chi connectivity index (χ1v) is 4.27. The first kappa shape index (κ1) is 11.0. The average molecular weight is 203 g/mol. The van der Waals surface area contributed by atoms with Gasteiger partial charge in [0.05, 0.1) is 6.04 Å². The minimum Gasteiger partial charge on any atom is -0.308 e. The van der Waals surface area contributed by atoms with E-state index >= 15 is 0 Å². The molecule has 0 saturated carbocycles. The Morgan fingerprint density at radius 2 is 1.86 bits per heavy atom. The SMILES string of the molecule is CNC(c1cc(C)cc(F)c1)C(F)F. The molecule has 1 aromatic rings. The zero-order valence-electron chi connectivity index (χ0n) is 8.02. The van der Waals surface area contributed by atoms with Crippen LogP contribution in [0.5, 0.6) is 0 Å². The highest BCUT2D eigenvalue weighted by atomic mass is 19.3. The summed E-state index contributed by atoms with van der Waals surface area (Å²) in [7, 11) is 1.43. The molecule has 78 valence electrons. The third-order valence-electron chi connectivity index (χ3n) is 1.99. The molecule has 0 spiro atoms. The van der Waals surface area contributed by atoms with Crippen LogP contribution in [0.25, 0.3) is 0 Å². The van der Waals surface area contributed by atoms with Crippen LogP contribution >= 0.6 is 0 Å². The summed E-state index contributed by atoms with van der Waals surface area (Å²) in [4.78, 5) is 0. The summed E-state index contributed by atoms with van der Waals surface area (Å²) in [6, 6.07) is 2.88. The Labute approximate surface area is 80.9 Å². The van der Waals surface area contributed by atoms with Crippen LogP contribution in [0.3, 0.4) is 0 Å². The van der Waals surface area contributed by atoms with Crippen LogP contribution in [-0.4, -0.2) is 13.5 Å². The second kappa shape index (κ2) is 4.46. The Morgan fingerprint density at radius 3 is 2.29 bits per heavy atom. The predicted molar refractivity (Wildman–Crippen MR) is 48.9 cm³/mol. The highest BCUT2D eigenvalue weighted by Gasteiger charge is 2.20. The molecule has 0 aliphatic carbocycles. The van der Waals surface area contributed by atoms with E-state index in [4.69, 9.17) is 0 Å². The monoisotopic (exact) mass is 203 g/mol. The summed E-state index contributed by atoms with van der Waals surface area (Å²) in [5.41, 5.74) is 0.918. The molecule has 4 heteroatoms. The summed E-state index contributed by atoms with van der Waals surface area (Å²) < 4.78 is 37.8. The van der Waals surface area contributed by atoms with Crippen LogP contribution in [0.1, 0.15) is 17.2 Å². The second-order valence-corrected chi connectivity index (χ2v) is 3.16. The Bertz CT molecular complexity index is 292. The third-order valence-corrected chi connectivity index (χ3v) is 1.99. The molecule has 0 fully saturated rings. The normalized spacial score (nSPS) is 13.3. The average Bonchev–Trinajstić information content (AvgIpc) is 2.02. The molecule has 0 aliphatic heterocycles. The second-order valence-electron chi connectivity index (χ2n) is 3.16. The van der Waals surface area contributed by atoms with Crippen molar-refractivity contribution in [2.45, 2.75) is 19.4 Å². The highest BCUT2D eigenvalue weighted by molar-refractivity contribution is 5.26. The summed E-state index contributed by atoms with van der Waals surface area (Å²) in [6.07, 6.45) is -2.54. The van der Waals surface area contributed by atoms with Gasteiger partial charge in [0.2, 0.25) is 0 Å². The van der Waals surface area contributed by atoms with Gasteiger partial charge in [0.15, 0.2) is 0 Å². The Kier molecular flexibility index (Phi) is 3.52. The van der Waals surface area contributed by atoms with Gasteiger partial charge in [0.1, 0.15) is 5.82 Å². The molecule has 0 aromatic heterocycles. The largest absolute Gasteiger partial charge is 0.308 e. The van der Waals surface area contributed by atoms with E-state index in [0.29, 0.717) is 5.56 Å². The standard InChI is InChI=1S/C10H12F3N/c1-6-3-7(5-8(11)4-6)9(14-2)10(12)13/h3-5,9-10,14H,1-2H3. The fraction of sp³-hybridized carbons (Fsp3) is 0.400. The molecule has 1 unspecified atom stereocenters. The summed E-state index contributed by atoms with van der Waals surface area (Å²) in [5, 5.41) is 2.46. The molecule has 0 saturated heterocycles. The number of hydrogen-bond acceptors (Lipinski definition) is 1. The maximum Gasteiger partial charge on any atom is 0.257 e. The maximum atomic E-state index is 12.9.